The number of para-hydroxylation sites is 1. The first-order valence-corrected chi connectivity index (χ1v) is 7.19. The van der Waals surface area contributed by atoms with Gasteiger partial charge in [-0.25, -0.2) is 12.8 Å². The van der Waals surface area contributed by atoms with E-state index in [1.54, 1.807) is 19.9 Å². The average Bonchev–Trinajstić information content (AvgIpc) is 2.79. The van der Waals surface area contributed by atoms with Crippen LogP contribution in [0.1, 0.15) is 12.6 Å². The molecule has 0 amide bonds. The lowest BCUT2D eigenvalue weighted by Crippen LogP contribution is -2.31. The topological polar surface area (TPSA) is 66.1 Å². The van der Waals surface area contributed by atoms with Gasteiger partial charge in [0.05, 0.1) is 17.6 Å². The number of sulfonamides is 1. The number of H-pyrrole nitrogens is 1. The predicted molar refractivity (Wildman–Crippen MR) is 69.9 cm³/mol. The highest BCUT2D eigenvalue weighted by Gasteiger charge is 2.28. The number of aryl methyl sites for hydroxylation is 1. The molecule has 1 aromatic carbocycles. The van der Waals surface area contributed by atoms with E-state index in [2.05, 4.69) is 10.2 Å². The molecule has 0 atom stereocenters. The van der Waals surface area contributed by atoms with Gasteiger partial charge in [-0.05, 0) is 26.0 Å². The van der Waals surface area contributed by atoms with Crippen LogP contribution < -0.4 is 4.31 Å². The molecule has 0 aliphatic carbocycles. The van der Waals surface area contributed by atoms with Gasteiger partial charge in [0.15, 0.2) is 0 Å². The van der Waals surface area contributed by atoms with Gasteiger partial charge in [0.25, 0.3) is 10.0 Å². The van der Waals surface area contributed by atoms with Crippen molar-refractivity contribution in [1.82, 2.24) is 10.2 Å². The lowest BCUT2D eigenvalue weighted by atomic mass is 10.3. The van der Waals surface area contributed by atoms with Crippen molar-refractivity contribution in [2.45, 2.75) is 18.7 Å². The largest absolute Gasteiger partial charge is 0.281 e. The monoisotopic (exact) mass is 283 g/mol. The number of aromatic nitrogens is 2. The third-order valence-corrected chi connectivity index (χ3v) is 4.76. The normalized spacial score (nSPS) is 11.5. The Morgan fingerprint density at radius 1 is 1.37 bits per heavy atom. The SMILES string of the molecule is CCN(c1ccccc1F)S(=O)(=O)c1cn[nH]c1C. The fourth-order valence-electron chi connectivity index (χ4n) is 1.84. The van der Waals surface area contributed by atoms with Crippen molar-refractivity contribution in [1.29, 1.82) is 0 Å². The summed E-state index contributed by atoms with van der Waals surface area (Å²) < 4.78 is 39.8. The van der Waals surface area contributed by atoms with E-state index in [0.29, 0.717) is 5.69 Å². The molecule has 0 aliphatic rings. The highest BCUT2D eigenvalue weighted by atomic mass is 32.2. The van der Waals surface area contributed by atoms with Crippen molar-refractivity contribution in [3.8, 4) is 0 Å². The number of hydrogen-bond acceptors (Lipinski definition) is 3. The highest BCUT2D eigenvalue weighted by Crippen LogP contribution is 2.26. The van der Waals surface area contributed by atoms with Crippen molar-refractivity contribution >= 4 is 15.7 Å². The first kappa shape index (κ1) is 13.5. The van der Waals surface area contributed by atoms with Gasteiger partial charge in [-0.15, -0.1) is 0 Å². The lowest BCUT2D eigenvalue weighted by molar-refractivity contribution is 0.586. The molecule has 2 rings (SSSR count). The molecule has 7 heteroatoms. The summed E-state index contributed by atoms with van der Waals surface area (Å²) >= 11 is 0. The van der Waals surface area contributed by atoms with E-state index in [-0.39, 0.29) is 17.1 Å². The minimum Gasteiger partial charge on any atom is -0.281 e. The molecule has 5 nitrogen and oxygen atoms in total. The van der Waals surface area contributed by atoms with Crippen molar-refractivity contribution in [2.24, 2.45) is 0 Å². The van der Waals surface area contributed by atoms with Crippen LogP contribution in [-0.4, -0.2) is 25.2 Å². The Balaban J connectivity index is 2.55. The maximum atomic E-state index is 13.8. The molecule has 0 spiro atoms. The van der Waals surface area contributed by atoms with Gasteiger partial charge in [-0.1, -0.05) is 12.1 Å². The predicted octanol–water partition coefficient (Wildman–Crippen LogP) is 2.07. The number of benzene rings is 1. The molecule has 1 heterocycles. The summed E-state index contributed by atoms with van der Waals surface area (Å²) in [5.74, 6) is -0.575. The van der Waals surface area contributed by atoms with Gasteiger partial charge in [-0.3, -0.25) is 9.40 Å². The maximum Gasteiger partial charge on any atom is 0.267 e. The molecule has 0 bridgehead atoms. The number of rotatable bonds is 4. The summed E-state index contributed by atoms with van der Waals surface area (Å²) in [6.07, 6.45) is 1.23. The highest BCUT2D eigenvalue weighted by molar-refractivity contribution is 7.92. The first-order chi connectivity index (χ1) is 8.98. The fourth-order valence-corrected chi connectivity index (χ4v) is 3.45. The van der Waals surface area contributed by atoms with E-state index in [4.69, 9.17) is 0 Å². The Labute approximate surface area is 111 Å². The molecule has 0 aliphatic heterocycles. The lowest BCUT2D eigenvalue weighted by Gasteiger charge is -2.22. The van der Waals surface area contributed by atoms with Gasteiger partial charge in [0.2, 0.25) is 0 Å². The van der Waals surface area contributed by atoms with E-state index in [1.165, 1.54) is 24.4 Å². The standard InChI is InChI=1S/C12H14FN3O2S/c1-3-16(11-7-5-4-6-10(11)13)19(17,18)12-8-14-15-9(12)2/h4-8H,3H2,1-2H3,(H,14,15). The minimum atomic E-state index is -3.81. The molecule has 0 saturated heterocycles. The molecular formula is C12H14FN3O2S. The second kappa shape index (κ2) is 5.00. The number of nitrogens with one attached hydrogen (secondary N) is 1. The van der Waals surface area contributed by atoms with Crippen LogP contribution >= 0.6 is 0 Å². The fraction of sp³-hybridized carbons (Fsp3) is 0.250. The molecule has 0 fully saturated rings. The van der Waals surface area contributed by atoms with Gasteiger partial charge in [-0.2, -0.15) is 5.10 Å². The Bertz CT molecular complexity index is 682. The number of halogens is 1. The van der Waals surface area contributed by atoms with Gasteiger partial charge in [0.1, 0.15) is 10.7 Å². The van der Waals surface area contributed by atoms with Crippen LogP contribution in [0.2, 0.25) is 0 Å². The van der Waals surface area contributed by atoms with E-state index >= 15 is 0 Å². The van der Waals surface area contributed by atoms with Crippen LogP contribution in [0.3, 0.4) is 0 Å². The van der Waals surface area contributed by atoms with E-state index < -0.39 is 15.8 Å². The zero-order chi connectivity index (χ0) is 14.0. The summed E-state index contributed by atoms with van der Waals surface area (Å²) in [4.78, 5) is 0.0533. The summed E-state index contributed by atoms with van der Waals surface area (Å²) in [5.41, 5.74) is 0.459. The quantitative estimate of drug-likeness (QED) is 0.934. The van der Waals surface area contributed by atoms with E-state index in [0.717, 1.165) is 4.31 Å². The van der Waals surface area contributed by atoms with Crippen molar-refractivity contribution in [2.75, 3.05) is 10.8 Å². The summed E-state index contributed by atoms with van der Waals surface area (Å²) in [6.45, 7) is 3.39. The molecule has 102 valence electrons. The summed E-state index contributed by atoms with van der Waals surface area (Å²) in [5, 5.41) is 6.27. The summed E-state index contributed by atoms with van der Waals surface area (Å²) in [7, 11) is -3.81. The van der Waals surface area contributed by atoms with Crippen LogP contribution in [-0.2, 0) is 10.0 Å². The number of nitrogens with zero attached hydrogens (tertiary/aromatic N) is 2. The molecule has 1 aromatic heterocycles. The van der Waals surface area contributed by atoms with Crippen molar-refractivity contribution in [3.63, 3.8) is 0 Å². The Kier molecular flexibility index (Phi) is 3.57. The van der Waals surface area contributed by atoms with Crippen LogP contribution in [0.5, 0.6) is 0 Å². The Morgan fingerprint density at radius 3 is 2.58 bits per heavy atom. The molecule has 19 heavy (non-hydrogen) atoms. The van der Waals surface area contributed by atoms with Crippen molar-refractivity contribution < 1.29 is 12.8 Å². The van der Waals surface area contributed by atoms with Crippen LogP contribution in [0.15, 0.2) is 35.4 Å². The number of anilines is 1. The third-order valence-electron chi connectivity index (χ3n) is 2.76. The third kappa shape index (κ3) is 2.33. The van der Waals surface area contributed by atoms with E-state index in [9.17, 15) is 12.8 Å². The van der Waals surface area contributed by atoms with Gasteiger partial charge >= 0.3 is 0 Å². The molecule has 2 aromatic rings. The van der Waals surface area contributed by atoms with Crippen molar-refractivity contribution in [3.05, 3.63) is 42.0 Å². The van der Waals surface area contributed by atoms with Crippen LogP contribution in [0.4, 0.5) is 10.1 Å². The smallest absolute Gasteiger partial charge is 0.267 e. The van der Waals surface area contributed by atoms with E-state index in [1.807, 2.05) is 0 Å². The Hall–Kier alpha value is -1.89. The Morgan fingerprint density at radius 2 is 2.05 bits per heavy atom. The maximum absolute atomic E-state index is 13.8. The number of aromatic amines is 1. The molecule has 0 radical (unpaired) electrons. The second-order valence-electron chi connectivity index (χ2n) is 3.98. The van der Waals surface area contributed by atoms with Crippen LogP contribution in [0.25, 0.3) is 0 Å². The zero-order valence-corrected chi connectivity index (χ0v) is 11.4. The average molecular weight is 283 g/mol. The second-order valence-corrected chi connectivity index (χ2v) is 5.81. The zero-order valence-electron chi connectivity index (χ0n) is 10.6. The van der Waals surface area contributed by atoms with Gasteiger partial charge < -0.3 is 0 Å². The molecule has 1 N–H and O–H groups in total. The number of hydrogen-bond donors (Lipinski definition) is 1. The first-order valence-electron chi connectivity index (χ1n) is 5.75. The van der Waals surface area contributed by atoms with Gasteiger partial charge in [0, 0.05) is 6.54 Å². The molecular weight excluding hydrogens is 269 g/mol. The summed E-state index contributed by atoms with van der Waals surface area (Å²) in [6, 6.07) is 5.78. The minimum absolute atomic E-state index is 0.0330. The molecule has 0 unspecified atom stereocenters. The molecule has 0 saturated carbocycles. The van der Waals surface area contributed by atoms with Crippen LogP contribution in [0, 0.1) is 12.7 Å².